The topological polar surface area (TPSA) is 73.1 Å². The molecule has 0 N–H and O–H groups in total. The lowest BCUT2D eigenvalue weighted by molar-refractivity contribution is -0.307. The van der Waals surface area contributed by atoms with Gasteiger partial charge in [0.15, 0.2) is 0 Å². The number of hydrogen-bond donors (Lipinski definition) is 0. The summed E-state index contributed by atoms with van der Waals surface area (Å²) >= 11 is 0. The van der Waals surface area contributed by atoms with Crippen molar-refractivity contribution in [2.75, 3.05) is 6.61 Å². The Morgan fingerprint density at radius 2 is 2.23 bits per heavy atom. The van der Waals surface area contributed by atoms with Crippen molar-refractivity contribution in [1.29, 1.82) is 5.26 Å². The van der Waals surface area contributed by atoms with Crippen LogP contribution in [0.3, 0.4) is 0 Å². The molecule has 66 valence electrons. The number of carboxylic acids is 1. The molecule has 0 atom stereocenters. The molecule has 0 radical (unpaired) electrons. The minimum absolute atomic E-state index is 0.259. The zero-order valence-corrected chi connectivity index (χ0v) is 6.69. The number of rotatable bonds is 3. The molecule has 0 amide bonds. The van der Waals surface area contributed by atoms with Crippen molar-refractivity contribution < 1.29 is 14.6 Å². The van der Waals surface area contributed by atoms with Crippen LogP contribution in [0.1, 0.15) is 5.56 Å². The number of benzene rings is 1. The number of carbonyl (C=O) groups is 1. The number of carboxylic acid groups (broad SMARTS) is 1. The van der Waals surface area contributed by atoms with Gasteiger partial charge in [0, 0.05) is 0 Å². The Labute approximate surface area is 75.0 Å². The molecule has 0 aliphatic rings. The normalized spacial score (nSPS) is 8.85. The summed E-state index contributed by atoms with van der Waals surface area (Å²) in [6.45, 7) is -0.543. The van der Waals surface area contributed by atoms with Gasteiger partial charge in [-0.1, -0.05) is 12.1 Å². The summed E-state index contributed by atoms with van der Waals surface area (Å²) < 4.78 is 4.80. The van der Waals surface area contributed by atoms with Gasteiger partial charge in [-0.15, -0.1) is 0 Å². The van der Waals surface area contributed by atoms with Crippen LogP contribution in [-0.2, 0) is 4.79 Å². The van der Waals surface area contributed by atoms with Gasteiger partial charge in [-0.3, -0.25) is 0 Å². The van der Waals surface area contributed by atoms with Crippen LogP contribution in [0.15, 0.2) is 24.3 Å². The van der Waals surface area contributed by atoms with Crippen LogP contribution in [0, 0.1) is 11.3 Å². The third-order valence-corrected chi connectivity index (χ3v) is 1.35. The molecule has 0 saturated carbocycles. The summed E-state index contributed by atoms with van der Waals surface area (Å²) in [5.74, 6) is -1.05. The average molecular weight is 176 g/mol. The number of ether oxygens (including phenoxy) is 1. The highest BCUT2D eigenvalue weighted by Crippen LogP contribution is 2.15. The number of aliphatic carboxylic acids is 1. The standard InChI is InChI=1S/C9H7NO3/c10-5-7-3-1-2-4-8(7)13-6-9(11)12/h1-4H,6H2,(H,11,12)/p-1. The molecular weight excluding hydrogens is 170 g/mol. The fourth-order valence-electron chi connectivity index (χ4n) is 0.822. The Hall–Kier alpha value is -2.02. The highest BCUT2D eigenvalue weighted by molar-refractivity contribution is 5.66. The molecule has 0 unspecified atom stereocenters. The summed E-state index contributed by atoms with van der Waals surface area (Å²) in [6.07, 6.45) is 0. The predicted octanol–water partition coefficient (Wildman–Crippen LogP) is -0.313. The molecular formula is C9H6NO3-. The van der Waals surface area contributed by atoms with Gasteiger partial charge in [0.2, 0.25) is 0 Å². The van der Waals surface area contributed by atoms with E-state index in [2.05, 4.69) is 0 Å². The number of para-hydroxylation sites is 1. The van der Waals surface area contributed by atoms with Gasteiger partial charge in [-0.05, 0) is 12.1 Å². The molecule has 0 aliphatic heterocycles. The number of nitrogens with zero attached hydrogens (tertiary/aromatic N) is 1. The van der Waals surface area contributed by atoms with Gasteiger partial charge in [-0.25, -0.2) is 0 Å². The van der Waals surface area contributed by atoms with Gasteiger partial charge < -0.3 is 14.6 Å². The smallest absolute Gasteiger partial charge is 0.137 e. The van der Waals surface area contributed by atoms with Crippen molar-refractivity contribution in [3.05, 3.63) is 29.8 Å². The van der Waals surface area contributed by atoms with Crippen molar-refractivity contribution in [1.82, 2.24) is 0 Å². The zero-order valence-electron chi connectivity index (χ0n) is 6.69. The van der Waals surface area contributed by atoms with Crippen LogP contribution in [0.5, 0.6) is 5.75 Å². The maximum atomic E-state index is 10.1. The van der Waals surface area contributed by atoms with Crippen LogP contribution < -0.4 is 9.84 Å². The first-order valence-corrected chi connectivity index (χ1v) is 3.56. The van der Waals surface area contributed by atoms with Crippen molar-refractivity contribution in [2.45, 2.75) is 0 Å². The lowest BCUT2D eigenvalue weighted by Crippen LogP contribution is -2.29. The monoisotopic (exact) mass is 176 g/mol. The van der Waals surface area contributed by atoms with E-state index in [1.54, 1.807) is 18.2 Å². The fraction of sp³-hybridized carbons (Fsp3) is 0.111. The van der Waals surface area contributed by atoms with Gasteiger partial charge in [0.1, 0.15) is 18.4 Å². The molecule has 1 rings (SSSR count). The van der Waals surface area contributed by atoms with E-state index in [1.165, 1.54) is 6.07 Å². The number of carbonyl (C=O) groups excluding carboxylic acids is 1. The van der Waals surface area contributed by atoms with Crippen molar-refractivity contribution in [3.8, 4) is 11.8 Å². The van der Waals surface area contributed by atoms with Crippen LogP contribution in [0.2, 0.25) is 0 Å². The summed E-state index contributed by atoms with van der Waals surface area (Å²) in [7, 11) is 0. The molecule has 4 heteroatoms. The van der Waals surface area contributed by atoms with Crippen molar-refractivity contribution in [3.63, 3.8) is 0 Å². The van der Waals surface area contributed by atoms with E-state index in [0.717, 1.165) is 0 Å². The van der Waals surface area contributed by atoms with E-state index in [9.17, 15) is 9.90 Å². The van der Waals surface area contributed by atoms with E-state index >= 15 is 0 Å². The zero-order chi connectivity index (χ0) is 9.68. The van der Waals surface area contributed by atoms with Crippen molar-refractivity contribution in [2.24, 2.45) is 0 Å². The first-order valence-electron chi connectivity index (χ1n) is 3.56. The minimum Gasteiger partial charge on any atom is -0.546 e. The van der Waals surface area contributed by atoms with Gasteiger partial charge >= 0.3 is 0 Å². The van der Waals surface area contributed by atoms with Crippen LogP contribution >= 0.6 is 0 Å². The SMILES string of the molecule is N#Cc1ccccc1OCC(=O)[O-]. The molecule has 0 spiro atoms. The van der Waals surface area contributed by atoms with E-state index in [4.69, 9.17) is 10.00 Å². The highest BCUT2D eigenvalue weighted by atomic mass is 16.5. The molecule has 0 heterocycles. The largest absolute Gasteiger partial charge is 0.546 e. The lowest BCUT2D eigenvalue weighted by atomic mass is 10.2. The first kappa shape index (κ1) is 9.07. The van der Waals surface area contributed by atoms with Crippen molar-refractivity contribution >= 4 is 5.97 Å². The maximum absolute atomic E-state index is 10.1. The van der Waals surface area contributed by atoms with Gasteiger partial charge in [0.25, 0.3) is 0 Å². The molecule has 1 aromatic carbocycles. The second-order valence-electron chi connectivity index (χ2n) is 2.27. The molecule has 13 heavy (non-hydrogen) atoms. The highest BCUT2D eigenvalue weighted by Gasteiger charge is 2.00. The lowest BCUT2D eigenvalue weighted by Gasteiger charge is -2.07. The summed E-state index contributed by atoms with van der Waals surface area (Å²) in [5, 5.41) is 18.6. The average Bonchev–Trinajstić information content (AvgIpc) is 2.15. The third kappa shape index (κ3) is 2.49. The second-order valence-corrected chi connectivity index (χ2v) is 2.27. The van der Waals surface area contributed by atoms with Gasteiger partial charge in [0.05, 0.1) is 11.5 Å². The Kier molecular flexibility index (Phi) is 2.87. The molecule has 0 aromatic heterocycles. The number of nitriles is 1. The van der Waals surface area contributed by atoms with E-state index in [0.29, 0.717) is 5.56 Å². The van der Waals surface area contributed by atoms with Crippen LogP contribution in [0.25, 0.3) is 0 Å². The maximum Gasteiger partial charge on any atom is 0.137 e. The van der Waals surface area contributed by atoms with Gasteiger partial charge in [-0.2, -0.15) is 5.26 Å². The molecule has 0 bridgehead atoms. The third-order valence-electron chi connectivity index (χ3n) is 1.35. The molecule has 1 aromatic rings. The predicted molar refractivity (Wildman–Crippen MR) is 41.7 cm³/mol. The summed E-state index contributed by atoms with van der Waals surface area (Å²) in [6, 6.07) is 8.29. The second kappa shape index (κ2) is 4.12. The first-order chi connectivity index (χ1) is 6.24. The molecule has 0 saturated heterocycles. The fourth-order valence-corrected chi connectivity index (χ4v) is 0.822. The molecule has 0 aliphatic carbocycles. The number of hydrogen-bond acceptors (Lipinski definition) is 4. The Bertz CT molecular complexity index is 354. The molecule has 4 nitrogen and oxygen atoms in total. The van der Waals surface area contributed by atoms with E-state index < -0.39 is 12.6 Å². The van der Waals surface area contributed by atoms with E-state index in [-0.39, 0.29) is 5.75 Å². The Balaban J connectivity index is 2.77. The summed E-state index contributed by atoms with van der Waals surface area (Å²) in [5.41, 5.74) is 0.309. The summed E-state index contributed by atoms with van der Waals surface area (Å²) in [4.78, 5) is 10.1. The quantitative estimate of drug-likeness (QED) is 0.633. The Morgan fingerprint density at radius 3 is 2.85 bits per heavy atom. The molecule has 0 fully saturated rings. The van der Waals surface area contributed by atoms with Crippen LogP contribution in [0.4, 0.5) is 0 Å². The minimum atomic E-state index is -1.31. The van der Waals surface area contributed by atoms with Crippen LogP contribution in [-0.4, -0.2) is 12.6 Å². The Morgan fingerprint density at radius 1 is 1.54 bits per heavy atom. The van der Waals surface area contributed by atoms with E-state index in [1.807, 2.05) is 6.07 Å².